The molecule has 1 atom stereocenters. The Balaban J connectivity index is 1.72. The molecule has 102 valence electrons. The predicted molar refractivity (Wildman–Crippen MR) is 76.5 cm³/mol. The Labute approximate surface area is 116 Å². The third kappa shape index (κ3) is 1.78. The van der Waals surface area contributed by atoms with Crippen molar-refractivity contribution in [2.75, 3.05) is 11.4 Å². The van der Waals surface area contributed by atoms with Gasteiger partial charge in [-0.1, -0.05) is 12.1 Å². The van der Waals surface area contributed by atoms with Crippen molar-refractivity contribution in [3.63, 3.8) is 0 Å². The normalized spacial score (nSPS) is 19.1. The Morgan fingerprint density at radius 3 is 3.00 bits per heavy atom. The number of benzene rings is 1. The first-order chi connectivity index (χ1) is 9.81. The van der Waals surface area contributed by atoms with Crippen LogP contribution in [-0.4, -0.2) is 21.3 Å². The van der Waals surface area contributed by atoms with Crippen molar-refractivity contribution < 1.29 is 4.42 Å². The van der Waals surface area contributed by atoms with Gasteiger partial charge in [0, 0.05) is 25.4 Å². The number of hydrogen-bond donors (Lipinski definition) is 0. The summed E-state index contributed by atoms with van der Waals surface area (Å²) in [6.45, 7) is 0.979. The third-order valence-corrected chi connectivity index (χ3v) is 3.89. The summed E-state index contributed by atoms with van der Waals surface area (Å²) >= 11 is 0. The Morgan fingerprint density at radius 2 is 2.20 bits per heavy atom. The van der Waals surface area contributed by atoms with Crippen LogP contribution in [0.15, 0.2) is 41.1 Å². The van der Waals surface area contributed by atoms with Crippen LogP contribution >= 0.6 is 0 Å². The second-order valence-electron chi connectivity index (χ2n) is 5.26. The molecule has 5 heteroatoms. The van der Waals surface area contributed by atoms with Gasteiger partial charge in [0.2, 0.25) is 0 Å². The molecule has 0 aliphatic carbocycles. The van der Waals surface area contributed by atoms with Crippen LogP contribution in [0.2, 0.25) is 0 Å². The summed E-state index contributed by atoms with van der Waals surface area (Å²) in [7, 11) is 1.95. The minimum absolute atomic E-state index is 0.316. The summed E-state index contributed by atoms with van der Waals surface area (Å²) in [5.41, 5.74) is 2.99. The van der Waals surface area contributed by atoms with E-state index in [1.807, 2.05) is 42.2 Å². The second-order valence-corrected chi connectivity index (χ2v) is 5.26. The highest BCUT2D eigenvalue weighted by molar-refractivity contribution is 5.74. The van der Waals surface area contributed by atoms with Gasteiger partial charge in [-0.2, -0.15) is 10.1 Å². The molecule has 0 unspecified atom stereocenters. The van der Waals surface area contributed by atoms with Crippen molar-refractivity contribution in [2.45, 2.75) is 18.9 Å². The molecule has 1 saturated heterocycles. The van der Waals surface area contributed by atoms with E-state index in [2.05, 4.69) is 21.2 Å². The number of fused-ring (bicyclic) bond motifs is 1. The molecule has 0 spiro atoms. The van der Waals surface area contributed by atoms with E-state index in [-0.39, 0.29) is 0 Å². The van der Waals surface area contributed by atoms with E-state index in [0.717, 1.165) is 36.5 Å². The lowest BCUT2D eigenvalue weighted by Gasteiger charge is -2.21. The molecule has 1 aromatic carbocycles. The Hall–Kier alpha value is -2.30. The van der Waals surface area contributed by atoms with E-state index < -0.39 is 0 Å². The number of aromatic nitrogens is 3. The number of nitrogens with zero attached hydrogens (tertiary/aromatic N) is 4. The molecule has 0 radical (unpaired) electrons. The number of anilines is 1. The summed E-state index contributed by atoms with van der Waals surface area (Å²) < 4.78 is 7.74. The Kier molecular flexibility index (Phi) is 2.52. The van der Waals surface area contributed by atoms with Crippen LogP contribution in [0.5, 0.6) is 0 Å². The third-order valence-electron chi connectivity index (χ3n) is 3.89. The number of aryl methyl sites for hydroxylation is 1. The first-order valence-corrected chi connectivity index (χ1v) is 6.92. The average Bonchev–Trinajstić information content (AvgIpc) is 3.15. The van der Waals surface area contributed by atoms with Gasteiger partial charge in [-0.25, -0.2) is 0 Å². The maximum absolute atomic E-state index is 5.90. The van der Waals surface area contributed by atoms with Gasteiger partial charge in [0.1, 0.15) is 5.52 Å². The van der Waals surface area contributed by atoms with Gasteiger partial charge in [-0.3, -0.25) is 4.68 Å². The zero-order valence-corrected chi connectivity index (χ0v) is 11.4. The van der Waals surface area contributed by atoms with Gasteiger partial charge in [0.25, 0.3) is 6.01 Å². The number of para-hydroxylation sites is 2. The highest BCUT2D eigenvalue weighted by atomic mass is 16.4. The molecule has 1 fully saturated rings. The van der Waals surface area contributed by atoms with Gasteiger partial charge in [-0.15, -0.1) is 0 Å². The zero-order valence-electron chi connectivity index (χ0n) is 11.4. The molecular weight excluding hydrogens is 252 g/mol. The van der Waals surface area contributed by atoms with Crippen molar-refractivity contribution in [2.24, 2.45) is 7.05 Å². The van der Waals surface area contributed by atoms with Crippen molar-refractivity contribution in [3.8, 4) is 0 Å². The molecule has 3 heterocycles. The van der Waals surface area contributed by atoms with Crippen LogP contribution in [-0.2, 0) is 7.05 Å². The summed E-state index contributed by atoms with van der Waals surface area (Å²) in [4.78, 5) is 6.86. The van der Waals surface area contributed by atoms with E-state index in [1.54, 1.807) is 0 Å². The SMILES string of the molecule is Cn1cc([C@@H]2CCCN2c2nc3ccccc3o2)cn1. The molecule has 3 aromatic rings. The molecule has 1 aliphatic rings. The summed E-state index contributed by atoms with van der Waals surface area (Å²) in [5.74, 6) is 0. The zero-order chi connectivity index (χ0) is 13.5. The predicted octanol–water partition coefficient (Wildman–Crippen LogP) is 2.90. The fourth-order valence-electron chi connectivity index (χ4n) is 2.94. The fraction of sp³-hybridized carbons (Fsp3) is 0.333. The maximum atomic E-state index is 5.90. The van der Waals surface area contributed by atoms with Crippen LogP contribution in [0.4, 0.5) is 6.01 Å². The first kappa shape index (κ1) is 11.5. The van der Waals surface area contributed by atoms with Crippen LogP contribution in [0.25, 0.3) is 11.1 Å². The minimum atomic E-state index is 0.316. The lowest BCUT2D eigenvalue weighted by atomic mass is 10.1. The quantitative estimate of drug-likeness (QED) is 0.717. The van der Waals surface area contributed by atoms with Crippen molar-refractivity contribution in [3.05, 3.63) is 42.2 Å². The van der Waals surface area contributed by atoms with E-state index >= 15 is 0 Å². The van der Waals surface area contributed by atoms with Gasteiger partial charge in [0.15, 0.2) is 5.58 Å². The number of hydrogen-bond acceptors (Lipinski definition) is 4. The molecule has 4 rings (SSSR count). The van der Waals surface area contributed by atoms with Gasteiger partial charge in [-0.05, 0) is 25.0 Å². The lowest BCUT2D eigenvalue weighted by Crippen LogP contribution is -2.22. The van der Waals surface area contributed by atoms with E-state index in [0.29, 0.717) is 6.04 Å². The maximum Gasteiger partial charge on any atom is 0.298 e. The fourth-order valence-corrected chi connectivity index (χ4v) is 2.94. The molecule has 5 nitrogen and oxygen atoms in total. The minimum Gasteiger partial charge on any atom is -0.423 e. The van der Waals surface area contributed by atoms with E-state index in [4.69, 9.17) is 4.42 Å². The Morgan fingerprint density at radius 1 is 1.30 bits per heavy atom. The topological polar surface area (TPSA) is 47.1 Å². The molecule has 2 aromatic heterocycles. The highest BCUT2D eigenvalue weighted by Crippen LogP contribution is 2.36. The highest BCUT2D eigenvalue weighted by Gasteiger charge is 2.30. The monoisotopic (exact) mass is 268 g/mol. The average molecular weight is 268 g/mol. The molecule has 20 heavy (non-hydrogen) atoms. The molecule has 0 N–H and O–H groups in total. The smallest absolute Gasteiger partial charge is 0.298 e. The van der Waals surface area contributed by atoms with Crippen LogP contribution in [0.1, 0.15) is 24.4 Å². The van der Waals surface area contributed by atoms with Crippen molar-refractivity contribution >= 4 is 17.1 Å². The molecular formula is C15H16N4O. The molecule has 0 saturated carbocycles. The largest absolute Gasteiger partial charge is 0.423 e. The standard InChI is InChI=1S/C15H16N4O/c1-18-10-11(9-16-18)13-6-4-8-19(13)15-17-12-5-2-3-7-14(12)20-15/h2-3,5,7,9-10,13H,4,6,8H2,1H3/t13-/m0/s1. The van der Waals surface area contributed by atoms with Crippen molar-refractivity contribution in [1.29, 1.82) is 0 Å². The number of rotatable bonds is 2. The Bertz CT molecular complexity index is 712. The molecule has 0 bridgehead atoms. The van der Waals surface area contributed by atoms with Crippen molar-refractivity contribution in [1.82, 2.24) is 14.8 Å². The summed E-state index contributed by atoms with van der Waals surface area (Å²) in [5, 5.41) is 4.27. The van der Waals surface area contributed by atoms with Crippen LogP contribution in [0.3, 0.4) is 0 Å². The first-order valence-electron chi connectivity index (χ1n) is 6.92. The number of oxazole rings is 1. The van der Waals surface area contributed by atoms with Crippen LogP contribution < -0.4 is 4.90 Å². The van der Waals surface area contributed by atoms with Gasteiger partial charge < -0.3 is 9.32 Å². The van der Waals surface area contributed by atoms with E-state index in [9.17, 15) is 0 Å². The van der Waals surface area contributed by atoms with Gasteiger partial charge >= 0.3 is 0 Å². The summed E-state index contributed by atoms with van der Waals surface area (Å²) in [6, 6.07) is 8.93. The lowest BCUT2D eigenvalue weighted by molar-refractivity contribution is 0.557. The van der Waals surface area contributed by atoms with Crippen LogP contribution in [0, 0.1) is 0 Å². The molecule has 0 amide bonds. The molecule has 1 aliphatic heterocycles. The summed E-state index contributed by atoms with van der Waals surface area (Å²) in [6.07, 6.45) is 6.28. The van der Waals surface area contributed by atoms with Gasteiger partial charge in [0.05, 0.1) is 12.2 Å². The van der Waals surface area contributed by atoms with E-state index in [1.165, 1.54) is 5.56 Å². The second kappa shape index (κ2) is 4.37.